The number of aliphatic hydroxyl groups is 1. The molecule has 0 heterocycles. The highest BCUT2D eigenvalue weighted by Gasteiger charge is 2.16. The summed E-state index contributed by atoms with van der Waals surface area (Å²) in [6.07, 6.45) is -1.44. The Hall–Kier alpha value is -0.610. The lowest BCUT2D eigenvalue weighted by Crippen LogP contribution is -2.37. The van der Waals surface area contributed by atoms with Gasteiger partial charge >= 0.3 is 5.97 Å². The van der Waals surface area contributed by atoms with Crippen LogP contribution in [0.4, 0.5) is 0 Å². The SMILES string of the molecule is C[C@H](N)[C@@H](O)C(=O)O. The molecule has 0 rings (SSSR count). The van der Waals surface area contributed by atoms with Crippen LogP contribution < -0.4 is 5.73 Å². The fourth-order valence-electron chi connectivity index (χ4n) is 0.225. The second-order valence-corrected chi connectivity index (χ2v) is 1.64. The zero-order chi connectivity index (χ0) is 6.73. The van der Waals surface area contributed by atoms with E-state index in [0.29, 0.717) is 0 Å². The number of aliphatic carboxylic acids is 1. The van der Waals surface area contributed by atoms with Crippen LogP contribution in [0.25, 0.3) is 0 Å². The molecule has 0 aromatic rings. The Morgan fingerprint density at radius 2 is 2.12 bits per heavy atom. The number of aliphatic hydroxyl groups excluding tert-OH is 1. The summed E-state index contributed by atoms with van der Waals surface area (Å²) in [6.45, 7) is 1.43. The quantitative estimate of drug-likeness (QED) is 0.425. The van der Waals surface area contributed by atoms with Gasteiger partial charge in [0.05, 0.1) is 0 Å². The number of hydrogen-bond acceptors (Lipinski definition) is 3. The van der Waals surface area contributed by atoms with E-state index >= 15 is 0 Å². The zero-order valence-corrected chi connectivity index (χ0v) is 4.53. The maximum Gasteiger partial charge on any atom is 0.334 e. The Kier molecular flexibility index (Phi) is 2.44. The van der Waals surface area contributed by atoms with E-state index in [4.69, 9.17) is 15.9 Å². The number of rotatable bonds is 2. The van der Waals surface area contributed by atoms with Gasteiger partial charge in [-0.15, -0.1) is 0 Å². The van der Waals surface area contributed by atoms with Gasteiger partial charge in [-0.25, -0.2) is 4.79 Å². The first-order valence-electron chi connectivity index (χ1n) is 2.22. The first kappa shape index (κ1) is 7.39. The van der Waals surface area contributed by atoms with E-state index in [9.17, 15) is 4.79 Å². The maximum atomic E-state index is 9.81. The highest BCUT2D eigenvalue weighted by molar-refractivity contribution is 5.72. The van der Waals surface area contributed by atoms with Crippen molar-refractivity contribution in [3.63, 3.8) is 0 Å². The molecule has 0 radical (unpaired) electrons. The van der Waals surface area contributed by atoms with Crippen LogP contribution in [0.5, 0.6) is 0 Å². The zero-order valence-electron chi connectivity index (χ0n) is 4.53. The number of carboxylic acids is 1. The first-order chi connectivity index (χ1) is 3.55. The van der Waals surface area contributed by atoms with Crippen LogP contribution in [0, 0.1) is 0 Å². The summed E-state index contributed by atoms with van der Waals surface area (Å²) in [7, 11) is 0. The molecule has 0 aliphatic rings. The highest BCUT2D eigenvalue weighted by Crippen LogP contribution is 1.86. The number of hydrogen-bond donors (Lipinski definition) is 3. The van der Waals surface area contributed by atoms with Crippen molar-refractivity contribution in [1.29, 1.82) is 0 Å². The number of carboxylic acid groups (broad SMARTS) is 1. The molecule has 48 valence electrons. The van der Waals surface area contributed by atoms with Crippen LogP contribution in [0.3, 0.4) is 0 Å². The third kappa shape index (κ3) is 1.90. The van der Waals surface area contributed by atoms with E-state index in [2.05, 4.69) is 0 Å². The molecule has 4 nitrogen and oxygen atoms in total. The molecular formula is C4H9NO3. The molecule has 4 heteroatoms. The third-order valence-electron chi connectivity index (χ3n) is 0.751. The van der Waals surface area contributed by atoms with Gasteiger partial charge < -0.3 is 15.9 Å². The average Bonchev–Trinajstić information content (AvgIpc) is 1.64. The van der Waals surface area contributed by atoms with E-state index in [1.54, 1.807) is 0 Å². The minimum atomic E-state index is -1.44. The molecule has 0 aromatic carbocycles. The molecular weight excluding hydrogens is 110 g/mol. The molecule has 2 atom stereocenters. The lowest BCUT2D eigenvalue weighted by Gasteiger charge is -2.06. The topological polar surface area (TPSA) is 83.5 Å². The fourth-order valence-corrected chi connectivity index (χ4v) is 0.225. The molecule has 0 aromatic heterocycles. The maximum absolute atomic E-state index is 9.81. The van der Waals surface area contributed by atoms with Crippen LogP contribution in [-0.4, -0.2) is 28.3 Å². The number of nitrogens with two attached hydrogens (primary N) is 1. The number of carbonyl (C=O) groups is 1. The summed E-state index contributed by atoms with van der Waals surface area (Å²) in [5.74, 6) is -1.28. The van der Waals surface area contributed by atoms with Gasteiger partial charge in [-0.05, 0) is 6.92 Å². The van der Waals surface area contributed by atoms with Crippen molar-refractivity contribution in [3.05, 3.63) is 0 Å². The van der Waals surface area contributed by atoms with Crippen molar-refractivity contribution in [2.75, 3.05) is 0 Å². The normalized spacial score (nSPS) is 17.4. The summed E-state index contributed by atoms with van der Waals surface area (Å²) in [6, 6.07) is -0.701. The van der Waals surface area contributed by atoms with Crippen molar-refractivity contribution < 1.29 is 15.0 Å². The molecule has 0 amide bonds. The van der Waals surface area contributed by atoms with Crippen molar-refractivity contribution >= 4 is 5.97 Å². The Labute approximate surface area is 46.9 Å². The van der Waals surface area contributed by atoms with Crippen LogP contribution in [-0.2, 0) is 4.79 Å². The van der Waals surface area contributed by atoms with Crippen LogP contribution >= 0.6 is 0 Å². The van der Waals surface area contributed by atoms with E-state index in [0.717, 1.165) is 0 Å². The minimum Gasteiger partial charge on any atom is -0.479 e. The summed E-state index contributed by atoms with van der Waals surface area (Å²) in [4.78, 5) is 9.81. The van der Waals surface area contributed by atoms with E-state index < -0.39 is 18.1 Å². The van der Waals surface area contributed by atoms with Crippen molar-refractivity contribution in [2.24, 2.45) is 5.73 Å². The molecule has 8 heavy (non-hydrogen) atoms. The smallest absolute Gasteiger partial charge is 0.334 e. The van der Waals surface area contributed by atoms with E-state index in [1.165, 1.54) is 6.92 Å². The molecule has 0 saturated carbocycles. The van der Waals surface area contributed by atoms with E-state index in [-0.39, 0.29) is 0 Å². The van der Waals surface area contributed by atoms with Gasteiger partial charge in [0.1, 0.15) is 0 Å². The Balaban J connectivity index is 3.64. The van der Waals surface area contributed by atoms with E-state index in [1.807, 2.05) is 0 Å². The Bertz CT molecular complexity index is 91.3. The van der Waals surface area contributed by atoms with Gasteiger partial charge in [0.25, 0.3) is 0 Å². The Morgan fingerprint density at radius 3 is 2.12 bits per heavy atom. The van der Waals surface area contributed by atoms with Gasteiger partial charge in [-0.2, -0.15) is 0 Å². The van der Waals surface area contributed by atoms with Gasteiger partial charge in [0.2, 0.25) is 0 Å². The van der Waals surface area contributed by atoms with Crippen molar-refractivity contribution in [3.8, 4) is 0 Å². The third-order valence-corrected chi connectivity index (χ3v) is 0.751. The monoisotopic (exact) mass is 119 g/mol. The second kappa shape index (κ2) is 2.64. The van der Waals surface area contributed by atoms with Gasteiger partial charge in [-0.1, -0.05) is 0 Å². The lowest BCUT2D eigenvalue weighted by atomic mass is 10.2. The van der Waals surface area contributed by atoms with Gasteiger partial charge in [0.15, 0.2) is 6.10 Å². The Morgan fingerprint density at radius 1 is 1.75 bits per heavy atom. The molecule has 0 fully saturated rings. The summed E-state index contributed by atoms with van der Waals surface area (Å²) < 4.78 is 0. The summed E-state index contributed by atoms with van der Waals surface area (Å²) >= 11 is 0. The second-order valence-electron chi connectivity index (χ2n) is 1.64. The highest BCUT2D eigenvalue weighted by atomic mass is 16.4. The van der Waals surface area contributed by atoms with Gasteiger partial charge in [-0.3, -0.25) is 0 Å². The van der Waals surface area contributed by atoms with Gasteiger partial charge in [0, 0.05) is 6.04 Å². The molecule has 0 spiro atoms. The molecule has 0 saturated heterocycles. The average molecular weight is 119 g/mol. The molecule has 0 aliphatic heterocycles. The largest absolute Gasteiger partial charge is 0.479 e. The van der Waals surface area contributed by atoms with Crippen LogP contribution in [0.1, 0.15) is 6.92 Å². The molecule has 4 N–H and O–H groups in total. The minimum absolute atomic E-state index is 0.701. The standard InChI is InChI=1S/C4H9NO3/c1-2(5)3(6)4(7)8/h2-3,6H,5H2,1H3,(H,7,8)/t2-,3+/m0/s1. The predicted molar refractivity (Wildman–Crippen MR) is 27.3 cm³/mol. The summed E-state index contributed by atoms with van der Waals surface area (Å²) in [5.41, 5.74) is 5.01. The summed E-state index contributed by atoms with van der Waals surface area (Å²) in [5, 5.41) is 16.5. The van der Waals surface area contributed by atoms with Crippen LogP contribution in [0.2, 0.25) is 0 Å². The molecule has 0 unspecified atom stereocenters. The predicted octanol–water partition coefficient (Wildman–Crippen LogP) is -1.22. The van der Waals surface area contributed by atoms with Crippen molar-refractivity contribution in [2.45, 2.75) is 19.1 Å². The van der Waals surface area contributed by atoms with Crippen molar-refractivity contribution in [1.82, 2.24) is 0 Å². The molecule has 0 aliphatic carbocycles. The first-order valence-corrected chi connectivity index (χ1v) is 2.22. The van der Waals surface area contributed by atoms with Crippen LogP contribution in [0.15, 0.2) is 0 Å². The fraction of sp³-hybridized carbons (Fsp3) is 0.750. The lowest BCUT2D eigenvalue weighted by molar-refractivity contribution is -0.147. The molecule has 0 bridgehead atoms.